The van der Waals surface area contributed by atoms with Gasteiger partial charge in [0.15, 0.2) is 0 Å². The quantitative estimate of drug-likeness (QED) is 0.860. The Labute approximate surface area is 144 Å². The van der Waals surface area contributed by atoms with E-state index in [1.807, 2.05) is 0 Å². The zero-order chi connectivity index (χ0) is 17.6. The molecular weight excluding hydrogens is 328 g/mol. The van der Waals surface area contributed by atoms with Crippen molar-refractivity contribution < 1.29 is 18.4 Å². The molecule has 2 saturated heterocycles. The lowest BCUT2D eigenvalue weighted by Crippen LogP contribution is -2.49. The number of nitrogens with one attached hydrogen (secondary N) is 2. The zero-order valence-electron chi connectivity index (χ0n) is 13.9. The van der Waals surface area contributed by atoms with Crippen LogP contribution in [0.15, 0.2) is 18.2 Å². The van der Waals surface area contributed by atoms with Crippen LogP contribution >= 0.6 is 0 Å². The van der Waals surface area contributed by atoms with Crippen LogP contribution in [-0.2, 0) is 10.3 Å². The predicted molar refractivity (Wildman–Crippen MR) is 86.6 cm³/mol. The summed E-state index contributed by atoms with van der Waals surface area (Å²) >= 11 is 0. The van der Waals surface area contributed by atoms with Crippen molar-refractivity contribution >= 4 is 11.9 Å². The molecule has 134 valence electrons. The molecule has 3 amide bonds. The summed E-state index contributed by atoms with van der Waals surface area (Å²) in [7, 11) is 0. The predicted octanol–water partition coefficient (Wildman–Crippen LogP) is 2.26. The first-order valence-electron chi connectivity index (χ1n) is 8.79. The Morgan fingerprint density at radius 1 is 1.16 bits per heavy atom. The molecule has 2 bridgehead atoms. The van der Waals surface area contributed by atoms with Gasteiger partial charge in [-0.1, -0.05) is 6.42 Å². The van der Waals surface area contributed by atoms with E-state index in [0.717, 1.165) is 25.3 Å². The van der Waals surface area contributed by atoms with Crippen LogP contribution in [0.3, 0.4) is 0 Å². The maximum Gasteiger partial charge on any atom is 0.318 e. The molecule has 2 unspecified atom stereocenters. The van der Waals surface area contributed by atoms with Gasteiger partial charge in [-0.25, -0.2) is 13.6 Å². The van der Waals surface area contributed by atoms with Gasteiger partial charge in [0.2, 0.25) is 5.91 Å². The average molecular weight is 349 g/mol. The Morgan fingerprint density at radius 2 is 1.88 bits per heavy atom. The average Bonchev–Trinajstić information content (AvgIpc) is 3.31. The highest BCUT2D eigenvalue weighted by Crippen LogP contribution is 2.46. The van der Waals surface area contributed by atoms with Gasteiger partial charge in [0, 0.05) is 25.2 Å². The first-order chi connectivity index (χ1) is 11.9. The summed E-state index contributed by atoms with van der Waals surface area (Å²) in [5.41, 5.74) is -0.235. The Kier molecular flexibility index (Phi) is 3.89. The fourth-order valence-electron chi connectivity index (χ4n) is 3.94. The molecule has 0 radical (unpaired) electrons. The number of carbonyl (C=O) groups excluding carboxylic acids is 2. The van der Waals surface area contributed by atoms with Crippen LogP contribution in [-0.4, -0.2) is 36.0 Å². The van der Waals surface area contributed by atoms with Gasteiger partial charge in [-0.15, -0.1) is 0 Å². The fraction of sp³-hybridized carbons (Fsp3) is 0.556. The summed E-state index contributed by atoms with van der Waals surface area (Å²) in [4.78, 5) is 26.5. The minimum absolute atomic E-state index is 0.0196. The number of likely N-dealkylation sites (tertiary alicyclic amines) is 1. The Bertz CT molecular complexity index is 700. The van der Waals surface area contributed by atoms with Crippen LogP contribution in [0, 0.1) is 17.6 Å². The number of halogens is 2. The molecule has 0 spiro atoms. The van der Waals surface area contributed by atoms with E-state index in [-0.39, 0.29) is 23.9 Å². The van der Waals surface area contributed by atoms with Crippen molar-refractivity contribution in [1.29, 1.82) is 0 Å². The van der Waals surface area contributed by atoms with Crippen LogP contribution in [0.4, 0.5) is 13.6 Å². The summed E-state index contributed by atoms with van der Waals surface area (Å²) in [6, 6.07) is 3.09. The van der Waals surface area contributed by atoms with Crippen LogP contribution in [0.5, 0.6) is 0 Å². The maximum absolute atomic E-state index is 13.5. The molecule has 3 fully saturated rings. The van der Waals surface area contributed by atoms with Crippen LogP contribution in [0.25, 0.3) is 0 Å². The van der Waals surface area contributed by atoms with Crippen LogP contribution < -0.4 is 10.6 Å². The molecule has 1 aliphatic carbocycles. The van der Waals surface area contributed by atoms with E-state index in [2.05, 4.69) is 10.6 Å². The number of hydrogen-bond acceptors (Lipinski definition) is 2. The summed E-state index contributed by atoms with van der Waals surface area (Å²) in [6.45, 7) is 0.865. The van der Waals surface area contributed by atoms with Crippen molar-refractivity contribution in [2.75, 3.05) is 13.1 Å². The number of hydrogen-bond donors (Lipinski definition) is 2. The first-order valence-corrected chi connectivity index (χ1v) is 8.79. The second kappa shape index (κ2) is 5.97. The third-order valence-corrected chi connectivity index (χ3v) is 5.50. The highest BCUT2D eigenvalue weighted by molar-refractivity contribution is 5.82. The van der Waals surface area contributed by atoms with Crippen molar-refractivity contribution in [3.63, 3.8) is 0 Å². The number of amides is 3. The number of urea groups is 1. The van der Waals surface area contributed by atoms with E-state index in [9.17, 15) is 18.4 Å². The third-order valence-electron chi connectivity index (χ3n) is 5.50. The summed E-state index contributed by atoms with van der Waals surface area (Å²) in [5.74, 6) is -1.45. The molecular formula is C18H21F2N3O2. The van der Waals surface area contributed by atoms with Crippen molar-refractivity contribution in [3.8, 4) is 0 Å². The van der Waals surface area contributed by atoms with Crippen molar-refractivity contribution in [1.82, 2.24) is 15.5 Å². The first kappa shape index (κ1) is 16.3. The van der Waals surface area contributed by atoms with Gasteiger partial charge in [0.05, 0.1) is 11.5 Å². The molecule has 1 aromatic carbocycles. The van der Waals surface area contributed by atoms with Gasteiger partial charge < -0.3 is 15.5 Å². The second-order valence-corrected chi connectivity index (χ2v) is 7.41. The zero-order valence-corrected chi connectivity index (χ0v) is 13.9. The second-order valence-electron chi connectivity index (χ2n) is 7.41. The molecule has 2 N–H and O–H groups in total. The molecule has 0 aromatic heterocycles. The van der Waals surface area contributed by atoms with E-state index in [4.69, 9.17) is 0 Å². The minimum Gasteiger partial charge on any atom is -0.351 e. The highest BCUT2D eigenvalue weighted by Gasteiger charge is 2.47. The van der Waals surface area contributed by atoms with E-state index >= 15 is 0 Å². The van der Waals surface area contributed by atoms with Gasteiger partial charge in [-0.2, -0.15) is 0 Å². The molecule has 1 aromatic rings. The largest absolute Gasteiger partial charge is 0.351 e. The maximum atomic E-state index is 13.5. The normalized spacial score (nSPS) is 27.3. The van der Waals surface area contributed by atoms with E-state index in [1.165, 1.54) is 12.1 Å². The molecule has 2 atom stereocenters. The standard InChI is InChI=1S/C18H21F2N3O2/c19-13-6-12(7-14(20)8-13)18(4-5-18)22-17(25)23-9-11-2-1-3-15(10-23)21-16(11)24/h6-8,11,15H,1-5,9-10H2,(H,21,24)(H,22,25). The Morgan fingerprint density at radius 3 is 2.56 bits per heavy atom. The molecule has 4 rings (SSSR count). The number of benzene rings is 1. The summed E-state index contributed by atoms with van der Waals surface area (Å²) in [5, 5.41) is 5.95. The number of carbonyl (C=O) groups is 2. The SMILES string of the molecule is O=C1NC2CCCC1CN(C(=O)NC1(c3cc(F)cc(F)c3)CC1)C2. The highest BCUT2D eigenvalue weighted by atomic mass is 19.1. The molecule has 3 aliphatic rings. The van der Waals surface area contributed by atoms with E-state index in [1.54, 1.807) is 4.90 Å². The van der Waals surface area contributed by atoms with E-state index < -0.39 is 17.2 Å². The Balaban J connectivity index is 1.51. The van der Waals surface area contributed by atoms with Gasteiger partial charge in [0.1, 0.15) is 11.6 Å². The monoisotopic (exact) mass is 349 g/mol. The molecule has 7 heteroatoms. The lowest BCUT2D eigenvalue weighted by molar-refractivity contribution is -0.124. The number of fused-ring (bicyclic) bond motifs is 3. The van der Waals surface area contributed by atoms with E-state index in [0.29, 0.717) is 31.5 Å². The number of rotatable bonds is 2. The van der Waals surface area contributed by atoms with Crippen molar-refractivity contribution in [2.24, 2.45) is 5.92 Å². The molecule has 1 saturated carbocycles. The molecule has 2 heterocycles. The minimum atomic E-state index is -0.696. The van der Waals surface area contributed by atoms with Gasteiger partial charge in [0.25, 0.3) is 0 Å². The molecule has 5 nitrogen and oxygen atoms in total. The summed E-state index contributed by atoms with van der Waals surface area (Å²) < 4.78 is 27.0. The van der Waals surface area contributed by atoms with Crippen molar-refractivity contribution in [2.45, 2.75) is 43.7 Å². The topological polar surface area (TPSA) is 61.4 Å². The van der Waals surface area contributed by atoms with Gasteiger partial charge in [-0.05, 0) is 43.4 Å². The van der Waals surface area contributed by atoms with Gasteiger partial charge in [-0.3, -0.25) is 4.79 Å². The summed E-state index contributed by atoms with van der Waals surface area (Å²) in [6.07, 6.45) is 3.94. The van der Waals surface area contributed by atoms with Crippen LogP contribution in [0.1, 0.15) is 37.7 Å². The number of nitrogens with zero attached hydrogens (tertiary/aromatic N) is 1. The lowest BCUT2D eigenvalue weighted by Gasteiger charge is -2.30. The Hall–Kier alpha value is -2.18. The molecule has 2 aliphatic heterocycles. The smallest absolute Gasteiger partial charge is 0.318 e. The fourth-order valence-corrected chi connectivity index (χ4v) is 3.94. The molecule has 25 heavy (non-hydrogen) atoms. The van der Waals surface area contributed by atoms with Gasteiger partial charge >= 0.3 is 6.03 Å². The van der Waals surface area contributed by atoms with Crippen LogP contribution in [0.2, 0.25) is 0 Å². The van der Waals surface area contributed by atoms with Crippen molar-refractivity contribution in [3.05, 3.63) is 35.4 Å². The lowest BCUT2D eigenvalue weighted by atomic mass is 9.99. The third kappa shape index (κ3) is 3.19.